The summed E-state index contributed by atoms with van der Waals surface area (Å²) in [6.45, 7) is 12.6. The minimum Gasteiger partial charge on any atom is -0.505 e. The molecule has 9 heteroatoms. The zero-order chi connectivity index (χ0) is 38.4. The molecule has 7 nitrogen and oxygen atoms in total. The number of carbonyl (C=O) groups is 2. The Kier molecular flexibility index (Phi) is 13.2. The fourth-order valence-electron chi connectivity index (χ4n) is 12.3. The van der Waals surface area contributed by atoms with Crippen molar-refractivity contribution in [3.63, 3.8) is 0 Å². The minimum atomic E-state index is -1.33. The molecule has 0 amide bonds. The van der Waals surface area contributed by atoms with Gasteiger partial charge in [0.25, 0.3) is 0 Å². The van der Waals surface area contributed by atoms with Crippen LogP contribution in [0.4, 0.5) is 0 Å². The van der Waals surface area contributed by atoms with Crippen LogP contribution in [0, 0.1) is 58.2 Å². The molecule has 0 bridgehead atoms. The van der Waals surface area contributed by atoms with Gasteiger partial charge in [-0.3, -0.25) is 0 Å². The van der Waals surface area contributed by atoms with Crippen molar-refractivity contribution in [1.82, 2.24) is 6.15 Å². The highest BCUT2D eigenvalue weighted by atomic mass is 35.5. The monoisotopic (exact) mass is 783 g/mol. The van der Waals surface area contributed by atoms with Gasteiger partial charge in [0, 0.05) is 0 Å². The SMILES string of the molecule is CC(C)CCC[C@@H](C)C1CCC2[C@@H]3CCC4C[C@H](CCC=C(c5cc(Cl)c(O)c(C(=O)O)c5)c5cc(Cl)c(O)c(C(=O)O)c5)CC[C@]4(C)C3CC[C@@]21C.N. The highest BCUT2D eigenvalue weighted by Gasteiger charge is 2.60. The molecule has 0 saturated heterocycles. The summed E-state index contributed by atoms with van der Waals surface area (Å²) in [4.78, 5) is 23.9. The fraction of sp³-hybridized carbons (Fsp3) is 0.644. The third-order valence-electron chi connectivity index (χ3n) is 15.1. The number of carboxylic acid groups (broad SMARTS) is 2. The number of phenols is 2. The summed E-state index contributed by atoms with van der Waals surface area (Å²) < 4.78 is 0. The van der Waals surface area contributed by atoms with E-state index in [0.29, 0.717) is 39.9 Å². The molecule has 0 aliphatic heterocycles. The molecule has 0 aromatic heterocycles. The Balaban J connectivity index is 0.00000561. The molecule has 7 N–H and O–H groups in total. The zero-order valence-corrected chi connectivity index (χ0v) is 34.5. The van der Waals surface area contributed by atoms with Gasteiger partial charge < -0.3 is 26.6 Å². The van der Waals surface area contributed by atoms with Gasteiger partial charge in [-0.15, -0.1) is 0 Å². The number of aromatic carboxylic acids is 2. The number of halogens is 2. The first-order valence-electron chi connectivity index (χ1n) is 20.3. The highest BCUT2D eigenvalue weighted by Crippen LogP contribution is 2.69. The number of aromatic hydroxyl groups is 2. The van der Waals surface area contributed by atoms with Crippen LogP contribution >= 0.6 is 23.2 Å². The molecule has 2 aromatic rings. The van der Waals surface area contributed by atoms with Gasteiger partial charge in [0.15, 0.2) is 0 Å². The maximum absolute atomic E-state index is 12.0. The van der Waals surface area contributed by atoms with Crippen LogP contribution in [0.15, 0.2) is 30.3 Å². The van der Waals surface area contributed by atoms with E-state index in [-0.39, 0.29) is 27.3 Å². The van der Waals surface area contributed by atoms with Crippen LogP contribution in [0.1, 0.15) is 156 Å². The van der Waals surface area contributed by atoms with Crippen molar-refractivity contribution >= 4 is 40.7 Å². The molecule has 2 aromatic carbocycles. The van der Waals surface area contributed by atoms with E-state index in [1.54, 1.807) is 0 Å². The van der Waals surface area contributed by atoms with Crippen LogP contribution in [-0.4, -0.2) is 32.4 Å². The van der Waals surface area contributed by atoms with Crippen molar-refractivity contribution in [1.29, 1.82) is 0 Å². The van der Waals surface area contributed by atoms with Crippen molar-refractivity contribution in [2.24, 2.45) is 58.2 Å². The first-order chi connectivity index (χ1) is 25.0. The summed E-state index contributed by atoms with van der Waals surface area (Å²) in [5, 5.41) is 40.0. The quantitative estimate of drug-likeness (QED) is 0.144. The number of hydrogen-bond acceptors (Lipinski definition) is 5. The molecule has 0 spiro atoms. The van der Waals surface area contributed by atoms with E-state index in [2.05, 4.69) is 34.6 Å². The molecule has 4 fully saturated rings. The number of carboxylic acids is 2. The van der Waals surface area contributed by atoms with Crippen LogP contribution < -0.4 is 6.15 Å². The molecule has 298 valence electrons. The van der Waals surface area contributed by atoms with E-state index in [1.165, 1.54) is 101 Å². The Morgan fingerprint density at radius 2 is 1.37 bits per heavy atom. The average molecular weight is 785 g/mol. The van der Waals surface area contributed by atoms with Crippen LogP contribution in [0.3, 0.4) is 0 Å². The molecular formula is C45H63Cl2NO6. The number of benzene rings is 2. The minimum absolute atomic E-state index is 0. The number of fused-ring (bicyclic) bond motifs is 5. The lowest BCUT2D eigenvalue weighted by molar-refractivity contribution is -0.121. The molecular weight excluding hydrogens is 721 g/mol. The van der Waals surface area contributed by atoms with Crippen molar-refractivity contribution in [2.45, 2.75) is 125 Å². The molecule has 4 aliphatic carbocycles. The second kappa shape index (κ2) is 16.8. The normalized spacial score (nSPS) is 30.7. The second-order valence-electron chi connectivity index (χ2n) is 18.3. The average Bonchev–Trinajstić information content (AvgIpc) is 3.46. The lowest BCUT2D eigenvalue weighted by atomic mass is 9.44. The Labute approximate surface area is 332 Å². The molecule has 54 heavy (non-hydrogen) atoms. The largest absolute Gasteiger partial charge is 0.505 e. The molecule has 0 heterocycles. The summed E-state index contributed by atoms with van der Waals surface area (Å²) in [6.07, 6.45) is 19.8. The summed E-state index contributed by atoms with van der Waals surface area (Å²) in [7, 11) is 0. The van der Waals surface area contributed by atoms with Gasteiger partial charge in [0.05, 0.1) is 10.0 Å². The van der Waals surface area contributed by atoms with Gasteiger partial charge in [0.2, 0.25) is 0 Å². The molecule has 4 unspecified atom stereocenters. The third kappa shape index (κ3) is 8.07. The van der Waals surface area contributed by atoms with E-state index in [9.17, 15) is 30.0 Å². The van der Waals surface area contributed by atoms with Gasteiger partial charge in [0.1, 0.15) is 22.6 Å². The maximum atomic E-state index is 12.0. The fourth-order valence-corrected chi connectivity index (χ4v) is 12.8. The van der Waals surface area contributed by atoms with E-state index in [1.807, 2.05) is 6.08 Å². The predicted molar refractivity (Wildman–Crippen MR) is 218 cm³/mol. The van der Waals surface area contributed by atoms with E-state index in [0.717, 1.165) is 47.8 Å². The van der Waals surface area contributed by atoms with Gasteiger partial charge in [-0.05, 0) is 170 Å². The van der Waals surface area contributed by atoms with Crippen molar-refractivity contribution < 1.29 is 30.0 Å². The van der Waals surface area contributed by atoms with Crippen LogP contribution in [0.5, 0.6) is 11.5 Å². The van der Waals surface area contributed by atoms with E-state index >= 15 is 0 Å². The Hall–Kier alpha value is -2.74. The summed E-state index contributed by atoms with van der Waals surface area (Å²) in [5.74, 6) is 2.64. The lowest BCUT2D eigenvalue weighted by Gasteiger charge is -2.61. The third-order valence-corrected chi connectivity index (χ3v) is 15.7. The summed E-state index contributed by atoms with van der Waals surface area (Å²) >= 11 is 12.6. The smallest absolute Gasteiger partial charge is 0.339 e. The Bertz CT molecular complexity index is 1670. The van der Waals surface area contributed by atoms with Crippen LogP contribution in [-0.2, 0) is 0 Å². The molecule has 4 saturated carbocycles. The van der Waals surface area contributed by atoms with Crippen molar-refractivity contribution in [2.75, 3.05) is 0 Å². The Morgan fingerprint density at radius 3 is 1.94 bits per heavy atom. The molecule has 9 atom stereocenters. The Morgan fingerprint density at radius 1 is 0.796 bits per heavy atom. The van der Waals surface area contributed by atoms with Crippen molar-refractivity contribution in [3.05, 3.63) is 62.6 Å². The van der Waals surface area contributed by atoms with Crippen LogP contribution in [0.25, 0.3) is 5.57 Å². The van der Waals surface area contributed by atoms with E-state index < -0.39 is 23.4 Å². The maximum Gasteiger partial charge on any atom is 0.339 e. The molecule has 6 rings (SSSR count). The predicted octanol–water partition coefficient (Wildman–Crippen LogP) is 12.9. The van der Waals surface area contributed by atoms with E-state index in [4.69, 9.17) is 23.2 Å². The zero-order valence-electron chi connectivity index (χ0n) is 33.0. The van der Waals surface area contributed by atoms with Crippen LogP contribution in [0.2, 0.25) is 10.0 Å². The molecule has 0 radical (unpaired) electrons. The highest BCUT2D eigenvalue weighted by molar-refractivity contribution is 6.33. The molecule has 4 aliphatic rings. The van der Waals surface area contributed by atoms with Crippen molar-refractivity contribution in [3.8, 4) is 11.5 Å². The van der Waals surface area contributed by atoms with Gasteiger partial charge in [-0.25, -0.2) is 9.59 Å². The standard InChI is InChI=1S/C45H60Cl2O6.H3N/c1-25(2)8-6-9-26(3)35-14-15-36-32-13-12-30-20-27(16-18-44(30,4)37(32)17-19-45(35,36)5)10-7-11-31(28-21-33(42(50)51)40(48)38(46)23-28)29-22-34(43(52)53)41(49)39(47)24-29;/h11,21-27,30,32,35-37,48-49H,6-10,12-20H2,1-5H3,(H,50,51)(H,52,53);1H3/t26-,27-,30?,32+,35?,36?,37?,44+,45-;/m1./s1. The number of hydrogen-bond donors (Lipinski definition) is 5. The first kappa shape index (κ1) is 42.4. The second-order valence-corrected chi connectivity index (χ2v) is 19.2. The summed E-state index contributed by atoms with van der Waals surface area (Å²) in [5.41, 5.74) is 1.58. The summed E-state index contributed by atoms with van der Waals surface area (Å²) in [6, 6.07) is 5.65. The van der Waals surface area contributed by atoms with Gasteiger partial charge in [-0.1, -0.05) is 83.2 Å². The topological polar surface area (TPSA) is 150 Å². The number of rotatable bonds is 12. The lowest BCUT2D eigenvalue weighted by Crippen LogP contribution is -2.53. The first-order valence-corrected chi connectivity index (χ1v) is 21.0. The van der Waals surface area contributed by atoms with Gasteiger partial charge >= 0.3 is 11.9 Å². The van der Waals surface area contributed by atoms with Gasteiger partial charge in [-0.2, -0.15) is 0 Å². The number of allylic oxidation sites excluding steroid dienone is 1.